The van der Waals surface area contributed by atoms with Gasteiger partial charge >= 0.3 is 0 Å². The Balaban J connectivity index is 2.01. The maximum atomic E-state index is 8.83. The van der Waals surface area contributed by atoms with E-state index in [0.29, 0.717) is 6.42 Å². The number of rotatable bonds is 3. The van der Waals surface area contributed by atoms with E-state index in [1.165, 1.54) is 0 Å². The van der Waals surface area contributed by atoms with Gasteiger partial charge in [-0.05, 0) is 35.9 Å². The minimum atomic E-state index is 0.411. The first kappa shape index (κ1) is 15.6. The zero-order valence-electron chi connectivity index (χ0n) is 13.5. The van der Waals surface area contributed by atoms with E-state index in [0.717, 1.165) is 43.5 Å². The first-order chi connectivity index (χ1) is 12.2. The lowest BCUT2D eigenvalue weighted by Gasteiger charge is -2.10. The van der Waals surface area contributed by atoms with Crippen LogP contribution in [0.15, 0.2) is 53.3 Å². The summed E-state index contributed by atoms with van der Waals surface area (Å²) >= 11 is 3.55. The summed E-state index contributed by atoms with van der Waals surface area (Å²) in [4.78, 5) is 9.24. The molecule has 4 aromatic rings. The molecule has 0 aliphatic carbocycles. The van der Waals surface area contributed by atoms with Crippen molar-refractivity contribution in [3.05, 3.63) is 58.8 Å². The predicted molar refractivity (Wildman–Crippen MR) is 103 cm³/mol. The molecule has 0 fully saturated rings. The number of nitrogens with one attached hydrogen (secondary N) is 1. The fraction of sp³-hybridized carbons (Fsp3) is 0.105. The van der Waals surface area contributed by atoms with Gasteiger partial charge in [-0.3, -0.25) is 4.57 Å². The van der Waals surface area contributed by atoms with Gasteiger partial charge in [0.05, 0.1) is 23.5 Å². The average Bonchev–Trinajstić information content (AvgIpc) is 3.07. The van der Waals surface area contributed by atoms with E-state index in [2.05, 4.69) is 47.9 Å². The van der Waals surface area contributed by atoms with Crippen LogP contribution in [0.4, 0.5) is 5.82 Å². The largest absolute Gasteiger partial charge is 0.371 e. The molecule has 1 N–H and O–H groups in total. The van der Waals surface area contributed by atoms with Gasteiger partial charge in [-0.15, -0.1) is 0 Å². The Kier molecular flexibility index (Phi) is 3.86. The quantitative estimate of drug-likeness (QED) is 0.560. The van der Waals surface area contributed by atoms with Crippen molar-refractivity contribution in [3.63, 3.8) is 0 Å². The lowest BCUT2D eigenvalue weighted by molar-refractivity contribution is 1.09. The number of hydrogen-bond donors (Lipinski definition) is 1. The van der Waals surface area contributed by atoms with E-state index in [4.69, 9.17) is 5.26 Å². The summed E-state index contributed by atoms with van der Waals surface area (Å²) in [6.45, 7) is 0. The van der Waals surface area contributed by atoms with Crippen LogP contribution < -0.4 is 5.32 Å². The van der Waals surface area contributed by atoms with Gasteiger partial charge in [0.25, 0.3) is 0 Å². The van der Waals surface area contributed by atoms with Gasteiger partial charge in [-0.1, -0.05) is 28.1 Å². The van der Waals surface area contributed by atoms with Crippen molar-refractivity contribution >= 4 is 43.7 Å². The van der Waals surface area contributed by atoms with Crippen molar-refractivity contribution in [2.24, 2.45) is 0 Å². The molecule has 0 aliphatic rings. The normalized spacial score (nSPS) is 10.9. The number of aromatic nitrogens is 3. The van der Waals surface area contributed by atoms with Gasteiger partial charge in [0, 0.05) is 22.6 Å². The smallest absolute Gasteiger partial charge is 0.154 e. The number of anilines is 1. The molecule has 2 heterocycles. The van der Waals surface area contributed by atoms with Crippen LogP contribution in [0, 0.1) is 11.3 Å². The number of fused-ring (bicyclic) bond motifs is 3. The number of hydrogen-bond acceptors (Lipinski definition) is 4. The second kappa shape index (κ2) is 6.19. The van der Waals surface area contributed by atoms with Gasteiger partial charge in [0.1, 0.15) is 11.8 Å². The number of nitrogens with zero attached hydrogens (tertiary/aromatic N) is 4. The molecule has 6 heteroatoms. The molecule has 0 bridgehead atoms. The molecule has 0 atom stereocenters. The Labute approximate surface area is 153 Å². The lowest BCUT2D eigenvalue weighted by Crippen LogP contribution is -1.97. The van der Waals surface area contributed by atoms with E-state index < -0.39 is 0 Å². The molecule has 0 aliphatic heterocycles. The third kappa shape index (κ3) is 2.63. The summed E-state index contributed by atoms with van der Waals surface area (Å²) in [6.07, 6.45) is 2.22. The van der Waals surface area contributed by atoms with Gasteiger partial charge in [-0.2, -0.15) is 5.26 Å². The first-order valence-corrected chi connectivity index (χ1v) is 8.61. The minimum Gasteiger partial charge on any atom is -0.371 e. The van der Waals surface area contributed by atoms with Crippen LogP contribution in [-0.4, -0.2) is 21.6 Å². The SMILES string of the molecule is CNc1nc2ccc(Br)cc2c2c1ncn2-c1ccc(CC#N)cc1. The summed E-state index contributed by atoms with van der Waals surface area (Å²) in [6, 6.07) is 16.2. The molecule has 0 unspecified atom stereocenters. The highest BCUT2D eigenvalue weighted by molar-refractivity contribution is 9.10. The zero-order chi connectivity index (χ0) is 17.4. The molecular weight excluding hydrogens is 378 g/mol. The molecule has 5 nitrogen and oxygen atoms in total. The fourth-order valence-electron chi connectivity index (χ4n) is 2.98. The van der Waals surface area contributed by atoms with Gasteiger partial charge in [0.15, 0.2) is 5.82 Å². The molecule has 0 spiro atoms. The Hall–Kier alpha value is -2.91. The molecule has 0 amide bonds. The van der Waals surface area contributed by atoms with Crippen LogP contribution in [0.3, 0.4) is 0 Å². The highest BCUT2D eigenvalue weighted by Crippen LogP contribution is 2.32. The molecule has 122 valence electrons. The number of nitriles is 1. The van der Waals surface area contributed by atoms with Crippen LogP contribution in [-0.2, 0) is 6.42 Å². The standard InChI is InChI=1S/C19H14BrN5/c1-22-19-17-18(15-10-13(20)4-7-16(15)24-19)25(11-23-17)14-5-2-12(3-6-14)8-9-21/h2-7,10-11H,8H2,1H3,(H,22,24). The van der Waals surface area contributed by atoms with Crippen molar-refractivity contribution in [1.82, 2.24) is 14.5 Å². The maximum absolute atomic E-state index is 8.83. The van der Waals surface area contributed by atoms with Crippen LogP contribution in [0.2, 0.25) is 0 Å². The van der Waals surface area contributed by atoms with Crippen LogP contribution in [0.5, 0.6) is 0 Å². The van der Waals surface area contributed by atoms with Crippen molar-refractivity contribution < 1.29 is 0 Å². The third-order valence-electron chi connectivity index (χ3n) is 4.17. The lowest BCUT2D eigenvalue weighted by atomic mass is 10.1. The number of imidazole rings is 1. The Morgan fingerprint density at radius 1 is 1.20 bits per heavy atom. The average molecular weight is 392 g/mol. The minimum absolute atomic E-state index is 0.411. The highest BCUT2D eigenvalue weighted by Gasteiger charge is 2.14. The van der Waals surface area contributed by atoms with E-state index in [-0.39, 0.29) is 0 Å². The number of benzene rings is 2. The molecular formula is C19H14BrN5. The van der Waals surface area contributed by atoms with Crippen LogP contribution >= 0.6 is 15.9 Å². The molecule has 0 radical (unpaired) electrons. The Bertz CT molecular complexity index is 1120. The van der Waals surface area contributed by atoms with Crippen LogP contribution in [0.1, 0.15) is 5.56 Å². The summed E-state index contributed by atoms with van der Waals surface area (Å²) in [7, 11) is 1.85. The molecule has 25 heavy (non-hydrogen) atoms. The molecule has 0 saturated heterocycles. The highest BCUT2D eigenvalue weighted by atomic mass is 79.9. The van der Waals surface area contributed by atoms with Gasteiger partial charge < -0.3 is 5.32 Å². The second-order valence-corrected chi connectivity index (χ2v) is 6.60. The molecule has 4 rings (SSSR count). The maximum Gasteiger partial charge on any atom is 0.154 e. The van der Waals surface area contributed by atoms with Gasteiger partial charge in [-0.25, -0.2) is 9.97 Å². The van der Waals surface area contributed by atoms with Crippen LogP contribution in [0.25, 0.3) is 27.6 Å². The predicted octanol–water partition coefficient (Wildman–Crippen LogP) is 4.44. The van der Waals surface area contributed by atoms with E-state index in [9.17, 15) is 0 Å². The number of pyridine rings is 1. The fourth-order valence-corrected chi connectivity index (χ4v) is 3.34. The summed E-state index contributed by atoms with van der Waals surface area (Å²) in [5, 5.41) is 13.0. The van der Waals surface area contributed by atoms with Crippen molar-refractivity contribution in [2.45, 2.75) is 6.42 Å². The summed E-state index contributed by atoms with van der Waals surface area (Å²) in [5.74, 6) is 0.754. The van der Waals surface area contributed by atoms with Gasteiger partial charge in [0.2, 0.25) is 0 Å². The van der Waals surface area contributed by atoms with Crippen molar-refractivity contribution in [3.8, 4) is 11.8 Å². The summed E-state index contributed by atoms with van der Waals surface area (Å²) < 4.78 is 3.06. The third-order valence-corrected chi connectivity index (χ3v) is 4.67. The van der Waals surface area contributed by atoms with E-state index >= 15 is 0 Å². The molecule has 2 aromatic carbocycles. The summed E-state index contributed by atoms with van der Waals surface area (Å²) in [5.41, 5.74) is 4.74. The molecule has 2 aromatic heterocycles. The van der Waals surface area contributed by atoms with E-state index in [1.54, 1.807) is 0 Å². The Morgan fingerprint density at radius 2 is 2.00 bits per heavy atom. The monoisotopic (exact) mass is 391 g/mol. The van der Waals surface area contributed by atoms with E-state index in [1.807, 2.05) is 49.8 Å². The van der Waals surface area contributed by atoms with Crippen molar-refractivity contribution in [1.29, 1.82) is 5.26 Å². The number of halogens is 1. The molecule has 0 saturated carbocycles. The van der Waals surface area contributed by atoms with Crippen molar-refractivity contribution in [2.75, 3.05) is 12.4 Å². The zero-order valence-corrected chi connectivity index (χ0v) is 15.1. The second-order valence-electron chi connectivity index (χ2n) is 5.69. The first-order valence-electron chi connectivity index (χ1n) is 7.81. The Morgan fingerprint density at radius 3 is 2.72 bits per heavy atom. The topological polar surface area (TPSA) is 66.5 Å².